The average Bonchev–Trinajstić information content (AvgIpc) is 2.29. The third-order valence-electron chi connectivity index (χ3n) is 2.87. The SMILES string of the molecule is COC(C)(C)c1nc2cccc(Cl)c2cc1O. The van der Waals surface area contributed by atoms with Gasteiger partial charge in [-0.1, -0.05) is 17.7 Å². The quantitative estimate of drug-likeness (QED) is 0.889. The molecule has 90 valence electrons. The molecule has 17 heavy (non-hydrogen) atoms. The Morgan fingerprint density at radius 1 is 1.35 bits per heavy atom. The second kappa shape index (κ2) is 4.17. The van der Waals surface area contributed by atoms with Crippen LogP contribution in [0.1, 0.15) is 19.5 Å². The molecule has 0 fully saturated rings. The van der Waals surface area contributed by atoms with Gasteiger partial charge in [0, 0.05) is 12.5 Å². The number of pyridine rings is 1. The highest BCUT2D eigenvalue weighted by Gasteiger charge is 2.25. The van der Waals surface area contributed by atoms with Crippen LogP contribution in [0.2, 0.25) is 5.02 Å². The van der Waals surface area contributed by atoms with Gasteiger partial charge in [0.05, 0.1) is 10.5 Å². The summed E-state index contributed by atoms with van der Waals surface area (Å²) in [5.74, 6) is 0.0949. The second-order valence-electron chi connectivity index (χ2n) is 4.38. The third kappa shape index (κ3) is 2.08. The largest absolute Gasteiger partial charge is 0.506 e. The molecule has 0 aliphatic heterocycles. The molecule has 3 nitrogen and oxygen atoms in total. The van der Waals surface area contributed by atoms with Gasteiger partial charge in [-0.3, -0.25) is 0 Å². The average molecular weight is 252 g/mol. The lowest BCUT2D eigenvalue weighted by Gasteiger charge is -2.23. The molecule has 0 saturated heterocycles. The maximum atomic E-state index is 10.00. The standard InChI is InChI=1S/C13H14ClNO2/c1-13(2,17-3)12-11(16)7-8-9(14)5-4-6-10(8)15-12/h4-7,16H,1-3H3. The Morgan fingerprint density at radius 3 is 2.71 bits per heavy atom. The van der Waals surface area contributed by atoms with E-state index in [1.807, 2.05) is 26.0 Å². The molecule has 0 atom stereocenters. The number of hydrogen-bond donors (Lipinski definition) is 1. The van der Waals surface area contributed by atoms with Gasteiger partial charge in [-0.05, 0) is 32.0 Å². The van der Waals surface area contributed by atoms with E-state index in [4.69, 9.17) is 16.3 Å². The van der Waals surface area contributed by atoms with Crippen molar-refractivity contribution in [2.45, 2.75) is 19.4 Å². The van der Waals surface area contributed by atoms with Gasteiger partial charge in [0.25, 0.3) is 0 Å². The summed E-state index contributed by atoms with van der Waals surface area (Å²) in [6, 6.07) is 7.08. The zero-order chi connectivity index (χ0) is 12.6. The number of nitrogens with zero attached hydrogens (tertiary/aromatic N) is 1. The molecular formula is C13H14ClNO2. The molecular weight excluding hydrogens is 238 g/mol. The van der Waals surface area contributed by atoms with Crippen LogP contribution in [0.4, 0.5) is 0 Å². The minimum Gasteiger partial charge on any atom is -0.506 e. The number of methoxy groups -OCH3 is 1. The molecule has 0 radical (unpaired) electrons. The third-order valence-corrected chi connectivity index (χ3v) is 3.20. The normalized spacial score (nSPS) is 12.0. The molecule has 1 heterocycles. The van der Waals surface area contributed by atoms with Gasteiger partial charge < -0.3 is 9.84 Å². The molecule has 0 unspecified atom stereocenters. The van der Waals surface area contributed by atoms with Gasteiger partial charge in [-0.25, -0.2) is 4.98 Å². The number of fused-ring (bicyclic) bond motifs is 1. The summed E-state index contributed by atoms with van der Waals surface area (Å²) in [4.78, 5) is 4.42. The van der Waals surface area contributed by atoms with Crippen molar-refractivity contribution >= 4 is 22.5 Å². The summed E-state index contributed by atoms with van der Waals surface area (Å²) in [6.45, 7) is 3.71. The lowest BCUT2D eigenvalue weighted by molar-refractivity contribution is 0.0138. The van der Waals surface area contributed by atoms with E-state index in [0.29, 0.717) is 10.7 Å². The number of rotatable bonds is 2. The van der Waals surface area contributed by atoms with E-state index in [0.717, 1.165) is 10.9 Å². The fourth-order valence-corrected chi connectivity index (χ4v) is 1.91. The number of halogens is 1. The highest BCUT2D eigenvalue weighted by atomic mass is 35.5. The monoisotopic (exact) mass is 251 g/mol. The van der Waals surface area contributed by atoms with Crippen molar-refractivity contribution < 1.29 is 9.84 Å². The number of hydrogen-bond acceptors (Lipinski definition) is 3. The van der Waals surface area contributed by atoms with Crippen molar-refractivity contribution in [2.75, 3.05) is 7.11 Å². The van der Waals surface area contributed by atoms with Crippen LogP contribution in [-0.4, -0.2) is 17.2 Å². The van der Waals surface area contributed by atoms with E-state index in [-0.39, 0.29) is 5.75 Å². The van der Waals surface area contributed by atoms with Crippen LogP contribution in [0.25, 0.3) is 10.9 Å². The fraction of sp³-hybridized carbons (Fsp3) is 0.308. The summed E-state index contributed by atoms with van der Waals surface area (Å²) < 4.78 is 5.33. The summed E-state index contributed by atoms with van der Waals surface area (Å²) in [7, 11) is 1.59. The molecule has 2 aromatic rings. The Kier molecular flexibility index (Phi) is 2.98. The van der Waals surface area contributed by atoms with Gasteiger partial charge in [-0.2, -0.15) is 0 Å². The van der Waals surface area contributed by atoms with Crippen molar-refractivity contribution in [1.82, 2.24) is 4.98 Å². The first-order valence-corrected chi connectivity index (χ1v) is 5.67. The number of aromatic nitrogens is 1. The highest BCUT2D eigenvalue weighted by Crippen LogP contribution is 2.34. The first-order valence-electron chi connectivity index (χ1n) is 5.29. The zero-order valence-corrected chi connectivity index (χ0v) is 10.7. The Balaban J connectivity index is 2.73. The molecule has 0 saturated carbocycles. The molecule has 1 N–H and O–H groups in total. The van der Waals surface area contributed by atoms with Crippen molar-refractivity contribution in [3.8, 4) is 5.75 Å². The molecule has 2 rings (SSSR count). The van der Waals surface area contributed by atoms with E-state index in [2.05, 4.69) is 4.98 Å². The Morgan fingerprint density at radius 2 is 2.06 bits per heavy atom. The lowest BCUT2D eigenvalue weighted by atomic mass is 10.0. The zero-order valence-electron chi connectivity index (χ0n) is 9.99. The van der Waals surface area contributed by atoms with E-state index in [1.54, 1.807) is 19.2 Å². The van der Waals surface area contributed by atoms with Crippen molar-refractivity contribution in [3.05, 3.63) is 35.0 Å². The van der Waals surface area contributed by atoms with Gasteiger partial charge in [0.1, 0.15) is 17.0 Å². The first kappa shape index (κ1) is 12.1. The molecule has 0 spiro atoms. The Hall–Kier alpha value is -1.32. The van der Waals surface area contributed by atoms with Crippen LogP contribution in [-0.2, 0) is 10.3 Å². The molecule has 0 bridgehead atoms. The second-order valence-corrected chi connectivity index (χ2v) is 4.78. The Bertz CT molecular complexity index is 567. The Labute approximate surface area is 105 Å². The maximum absolute atomic E-state index is 10.00. The van der Waals surface area contributed by atoms with Crippen molar-refractivity contribution in [2.24, 2.45) is 0 Å². The van der Waals surface area contributed by atoms with E-state index in [1.165, 1.54) is 0 Å². The molecule has 1 aromatic carbocycles. The number of aromatic hydroxyl groups is 1. The van der Waals surface area contributed by atoms with Crippen LogP contribution in [0.3, 0.4) is 0 Å². The molecule has 0 amide bonds. The smallest absolute Gasteiger partial charge is 0.140 e. The molecule has 0 aliphatic carbocycles. The van der Waals surface area contributed by atoms with Crippen LogP contribution in [0, 0.1) is 0 Å². The maximum Gasteiger partial charge on any atom is 0.140 e. The highest BCUT2D eigenvalue weighted by molar-refractivity contribution is 6.35. The minimum atomic E-state index is -0.638. The lowest BCUT2D eigenvalue weighted by Crippen LogP contribution is -2.21. The van der Waals surface area contributed by atoms with Gasteiger partial charge >= 0.3 is 0 Å². The summed E-state index contributed by atoms with van der Waals surface area (Å²) in [6.07, 6.45) is 0. The predicted octanol–water partition coefficient (Wildman–Crippen LogP) is 3.48. The van der Waals surface area contributed by atoms with Gasteiger partial charge in [-0.15, -0.1) is 0 Å². The fourth-order valence-electron chi connectivity index (χ4n) is 1.69. The summed E-state index contributed by atoms with van der Waals surface area (Å²) >= 11 is 6.05. The van der Waals surface area contributed by atoms with Crippen LogP contribution < -0.4 is 0 Å². The predicted molar refractivity (Wildman–Crippen MR) is 68.5 cm³/mol. The van der Waals surface area contributed by atoms with E-state index in [9.17, 15) is 5.11 Å². The van der Waals surface area contributed by atoms with Crippen molar-refractivity contribution in [3.63, 3.8) is 0 Å². The van der Waals surface area contributed by atoms with Crippen LogP contribution in [0.5, 0.6) is 5.75 Å². The molecule has 4 heteroatoms. The van der Waals surface area contributed by atoms with Gasteiger partial charge in [0.15, 0.2) is 0 Å². The van der Waals surface area contributed by atoms with E-state index >= 15 is 0 Å². The van der Waals surface area contributed by atoms with Crippen LogP contribution in [0.15, 0.2) is 24.3 Å². The summed E-state index contributed by atoms with van der Waals surface area (Å²) in [5, 5.41) is 11.3. The topological polar surface area (TPSA) is 42.4 Å². The van der Waals surface area contributed by atoms with E-state index < -0.39 is 5.60 Å². The first-order chi connectivity index (χ1) is 7.95. The molecule has 0 aliphatic rings. The number of benzene rings is 1. The van der Waals surface area contributed by atoms with Crippen molar-refractivity contribution in [1.29, 1.82) is 0 Å². The minimum absolute atomic E-state index is 0.0949. The van der Waals surface area contributed by atoms with Crippen LogP contribution >= 0.6 is 11.6 Å². The van der Waals surface area contributed by atoms with Gasteiger partial charge in [0.2, 0.25) is 0 Å². The summed E-state index contributed by atoms with van der Waals surface area (Å²) in [5.41, 5.74) is 0.617. The molecule has 1 aromatic heterocycles. The number of ether oxygens (including phenoxy) is 1.